The summed E-state index contributed by atoms with van der Waals surface area (Å²) in [5.74, 6) is 1.05. The number of esters is 1. The van der Waals surface area contributed by atoms with Crippen LogP contribution in [0.15, 0.2) is 18.2 Å². The summed E-state index contributed by atoms with van der Waals surface area (Å²) in [5, 5.41) is 0. The molecule has 0 bridgehead atoms. The lowest BCUT2D eigenvalue weighted by molar-refractivity contribution is -0.159. The van der Waals surface area contributed by atoms with Crippen LogP contribution in [0.2, 0.25) is 0 Å². The summed E-state index contributed by atoms with van der Waals surface area (Å²) in [5.41, 5.74) is 0.0548. The van der Waals surface area contributed by atoms with Crippen LogP contribution in [0.1, 0.15) is 25.5 Å². The Balaban J connectivity index is 2.34. The number of ether oxygens (including phenoxy) is 4. The van der Waals surface area contributed by atoms with E-state index in [1.165, 1.54) is 7.11 Å². The first kappa shape index (κ1) is 13.7. The molecule has 5 heteroatoms. The van der Waals surface area contributed by atoms with E-state index in [0.717, 1.165) is 5.56 Å². The van der Waals surface area contributed by atoms with Crippen molar-refractivity contribution in [1.29, 1.82) is 0 Å². The topological polar surface area (TPSA) is 54.0 Å². The van der Waals surface area contributed by atoms with Crippen LogP contribution in [-0.2, 0) is 14.3 Å². The predicted octanol–water partition coefficient (Wildman–Crippen LogP) is 2.30. The highest BCUT2D eigenvalue weighted by atomic mass is 16.7. The fraction of sp³-hybridized carbons (Fsp3) is 0.500. The molecule has 0 aliphatic carbocycles. The molecular weight excluding hydrogens is 248 g/mol. The van der Waals surface area contributed by atoms with Gasteiger partial charge in [-0.1, -0.05) is 6.07 Å². The summed E-state index contributed by atoms with van der Waals surface area (Å²) < 4.78 is 20.9. The van der Waals surface area contributed by atoms with Crippen LogP contribution in [0.25, 0.3) is 0 Å². The summed E-state index contributed by atoms with van der Waals surface area (Å²) in [6.07, 6.45) is -0.422. The lowest BCUT2D eigenvalue weighted by Crippen LogP contribution is -2.33. The van der Waals surface area contributed by atoms with Crippen LogP contribution < -0.4 is 9.47 Å². The minimum Gasteiger partial charge on any atom is -0.469 e. The Morgan fingerprint density at radius 1 is 1.26 bits per heavy atom. The Labute approximate surface area is 112 Å². The minimum atomic E-state index is -0.794. The molecule has 0 spiro atoms. The van der Waals surface area contributed by atoms with Crippen LogP contribution in [0, 0.1) is 5.41 Å². The van der Waals surface area contributed by atoms with E-state index < -0.39 is 11.5 Å². The van der Waals surface area contributed by atoms with Crippen molar-refractivity contribution in [3.63, 3.8) is 0 Å². The first-order valence-corrected chi connectivity index (χ1v) is 6.01. The second-order valence-electron chi connectivity index (χ2n) is 4.94. The molecule has 1 unspecified atom stereocenters. The molecule has 19 heavy (non-hydrogen) atoms. The lowest BCUT2D eigenvalue weighted by Gasteiger charge is -2.30. The molecule has 1 aromatic rings. The lowest BCUT2D eigenvalue weighted by atomic mass is 9.82. The predicted molar refractivity (Wildman–Crippen MR) is 68.1 cm³/mol. The number of fused-ring (bicyclic) bond motifs is 1. The fourth-order valence-corrected chi connectivity index (χ4v) is 2.29. The highest BCUT2D eigenvalue weighted by Gasteiger charge is 2.39. The summed E-state index contributed by atoms with van der Waals surface area (Å²) in [6, 6.07) is 5.52. The number of methoxy groups -OCH3 is 2. The van der Waals surface area contributed by atoms with Crippen LogP contribution in [0.4, 0.5) is 0 Å². The minimum absolute atomic E-state index is 0.219. The highest BCUT2D eigenvalue weighted by molar-refractivity contribution is 5.77. The van der Waals surface area contributed by atoms with E-state index in [2.05, 4.69) is 0 Å². The van der Waals surface area contributed by atoms with E-state index in [1.807, 2.05) is 18.2 Å². The smallest absolute Gasteiger partial charge is 0.314 e. The second-order valence-corrected chi connectivity index (χ2v) is 4.94. The van der Waals surface area contributed by atoms with Gasteiger partial charge in [-0.05, 0) is 31.5 Å². The van der Waals surface area contributed by atoms with E-state index in [-0.39, 0.29) is 12.8 Å². The van der Waals surface area contributed by atoms with Gasteiger partial charge in [0.2, 0.25) is 6.79 Å². The Morgan fingerprint density at radius 2 is 1.95 bits per heavy atom. The number of carbonyl (C=O) groups is 1. The van der Waals surface area contributed by atoms with E-state index in [1.54, 1.807) is 21.0 Å². The van der Waals surface area contributed by atoms with Crippen LogP contribution in [-0.4, -0.2) is 27.0 Å². The van der Waals surface area contributed by atoms with Crippen LogP contribution in [0.3, 0.4) is 0 Å². The summed E-state index contributed by atoms with van der Waals surface area (Å²) in [6.45, 7) is 3.80. The van der Waals surface area contributed by atoms with Crippen LogP contribution >= 0.6 is 0 Å². The van der Waals surface area contributed by atoms with Gasteiger partial charge in [0.15, 0.2) is 11.5 Å². The fourth-order valence-electron chi connectivity index (χ4n) is 2.29. The van der Waals surface area contributed by atoms with Gasteiger partial charge in [0, 0.05) is 7.11 Å². The average molecular weight is 266 g/mol. The third-order valence-corrected chi connectivity index (χ3v) is 3.30. The number of benzene rings is 1. The molecule has 0 fully saturated rings. The van der Waals surface area contributed by atoms with Gasteiger partial charge in [-0.3, -0.25) is 4.79 Å². The first-order valence-electron chi connectivity index (χ1n) is 6.01. The Hall–Kier alpha value is -1.75. The molecule has 0 saturated carbocycles. The molecule has 1 aromatic carbocycles. The van der Waals surface area contributed by atoms with Crippen molar-refractivity contribution in [3.8, 4) is 11.5 Å². The quantitative estimate of drug-likeness (QED) is 0.783. The number of hydrogen-bond acceptors (Lipinski definition) is 5. The summed E-state index contributed by atoms with van der Waals surface area (Å²) >= 11 is 0. The number of rotatable bonds is 4. The summed E-state index contributed by atoms with van der Waals surface area (Å²) in [7, 11) is 2.94. The molecular formula is C14H18O5. The second kappa shape index (κ2) is 5.09. The molecule has 0 aromatic heterocycles. The van der Waals surface area contributed by atoms with Gasteiger partial charge in [-0.25, -0.2) is 0 Å². The first-order chi connectivity index (χ1) is 9.00. The van der Waals surface area contributed by atoms with E-state index in [9.17, 15) is 4.79 Å². The average Bonchev–Trinajstić information content (AvgIpc) is 2.85. The van der Waals surface area contributed by atoms with Gasteiger partial charge in [-0.2, -0.15) is 0 Å². The maximum absolute atomic E-state index is 11.9. The molecule has 0 saturated heterocycles. The molecule has 0 N–H and O–H groups in total. The van der Waals surface area contributed by atoms with Crippen molar-refractivity contribution in [2.75, 3.05) is 21.0 Å². The third-order valence-electron chi connectivity index (χ3n) is 3.30. The van der Waals surface area contributed by atoms with Crippen molar-refractivity contribution in [3.05, 3.63) is 23.8 Å². The van der Waals surface area contributed by atoms with Crippen molar-refractivity contribution in [1.82, 2.24) is 0 Å². The Morgan fingerprint density at radius 3 is 2.58 bits per heavy atom. The number of carbonyl (C=O) groups excluding carboxylic acids is 1. The van der Waals surface area contributed by atoms with Gasteiger partial charge in [-0.15, -0.1) is 0 Å². The van der Waals surface area contributed by atoms with E-state index >= 15 is 0 Å². The summed E-state index contributed by atoms with van der Waals surface area (Å²) in [4.78, 5) is 11.9. The zero-order chi connectivity index (χ0) is 14.0. The Kier molecular flexibility index (Phi) is 3.66. The molecule has 5 nitrogen and oxygen atoms in total. The van der Waals surface area contributed by atoms with Gasteiger partial charge >= 0.3 is 5.97 Å². The van der Waals surface area contributed by atoms with Crippen molar-refractivity contribution in [2.24, 2.45) is 5.41 Å². The SMILES string of the molecule is COC(=O)C(C)(C)C(OC)c1ccc2c(c1)OCO2. The van der Waals surface area contributed by atoms with Crippen LogP contribution in [0.5, 0.6) is 11.5 Å². The number of hydrogen-bond donors (Lipinski definition) is 0. The molecule has 0 radical (unpaired) electrons. The molecule has 2 rings (SSSR count). The molecule has 1 heterocycles. The maximum Gasteiger partial charge on any atom is 0.314 e. The van der Waals surface area contributed by atoms with Crippen molar-refractivity contribution in [2.45, 2.75) is 20.0 Å². The zero-order valence-corrected chi connectivity index (χ0v) is 11.6. The normalized spacial score (nSPS) is 15.2. The molecule has 104 valence electrons. The third kappa shape index (κ3) is 2.38. The maximum atomic E-state index is 11.9. The zero-order valence-electron chi connectivity index (χ0n) is 11.6. The van der Waals surface area contributed by atoms with Gasteiger partial charge < -0.3 is 18.9 Å². The standard InChI is InChI=1S/C14H18O5/c1-14(2,13(15)17-4)12(16-3)9-5-6-10-11(7-9)19-8-18-10/h5-7,12H,8H2,1-4H3. The van der Waals surface area contributed by atoms with Gasteiger partial charge in [0.1, 0.15) is 0 Å². The van der Waals surface area contributed by atoms with Gasteiger partial charge in [0.05, 0.1) is 18.6 Å². The Bertz CT molecular complexity index is 481. The van der Waals surface area contributed by atoms with Crippen molar-refractivity contribution >= 4 is 5.97 Å². The van der Waals surface area contributed by atoms with Gasteiger partial charge in [0.25, 0.3) is 0 Å². The molecule has 1 aliphatic heterocycles. The molecule has 0 amide bonds. The van der Waals surface area contributed by atoms with E-state index in [4.69, 9.17) is 18.9 Å². The monoisotopic (exact) mass is 266 g/mol. The van der Waals surface area contributed by atoms with E-state index in [0.29, 0.717) is 11.5 Å². The van der Waals surface area contributed by atoms with Crippen molar-refractivity contribution < 1.29 is 23.7 Å². The molecule has 1 aliphatic rings. The largest absolute Gasteiger partial charge is 0.469 e. The molecule has 1 atom stereocenters. The highest BCUT2D eigenvalue weighted by Crippen LogP contribution is 2.41.